The van der Waals surface area contributed by atoms with Gasteiger partial charge in [-0.2, -0.15) is 0 Å². The molecular weight excluding hydrogens is 362 g/mol. The largest absolute Gasteiger partial charge is 0.433 e. The zero-order valence-corrected chi connectivity index (χ0v) is 17.4. The third kappa shape index (κ3) is 9.43. The minimum absolute atomic E-state index is 0. The number of nitrogens with zero attached hydrogens (tertiary/aromatic N) is 2. The molecule has 0 aliphatic heterocycles. The van der Waals surface area contributed by atoms with Gasteiger partial charge >= 0.3 is 6.09 Å². The highest BCUT2D eigenvalue weighted by molar-refractivity contribution is 7.07. The van der Waals surface area contributed by atoms with Gasteiger partial charge in [-0.15, -0.1) is 11.3 Å². The van der Waals surface area contributed by atoms with Crippen molar-refractivity contribution in [1.82, 2.24) is 15.2 Å². The first-order valence-corrected chi connectivity index (χ1v) is 10.7. The lowest BCUT2D eigenvalue weighted by Gasteiger charge is -2.21. The van der Waals surface area contributed by atoms with Crippen LogP contribution in [0.15, 0.2) is 10.9 Å². The van der Waals surface area contributed by atoms with Gasteiger partial charge in [-0.1, -0.05) is 39.0 Å². The van der Waals surface area contributed by atoms with Gasteiger partial charge in [-0.3, -0.25) is 4.79 Å². The third-order valence-corrected chi connectivity index (χ3v) is 4.56. The quantitative estimate of drug-likeness (QED) is 0.702. The van der Waals surface area contributed by atoms with E-state index in [2.05, 4.69) is 22.1 Å². The molecule has 2 amide bonds. The van der Waals surface area contributed by atoms with Gasteiger partial charge in [0, 0.05) is 32.7 Å². The number of rotatable bonds is 7. The van der Waals surface area contributed by atoms with Crippen LogP contribution in [-0.2, 0) is 16.1 Å². The van der Waals surface area contributed by atoms with Crippen molar-refractivity contribution >= 4 is 23.3 Å². The average Bonchev–Trinajstić information content (AvgIpc) is 3.17. The molecule has 1 aliphatic rings. The van der Waals surface area contributed by atoms with Gasteiger partial charge in [-0.05, 0) is 19.3 Å². The van der Waals surface area contributed by atoms with Crippen LogP contribution in [0.4, 0.5) is 4.79 Å². The minimum Gasteiger partial charge on any atom is -0.433 e. The van der Waals surface area contributed by atoms with Gasteiger partial charge < -0.3 is 15.0 Å². The van der Waals surface area contributed by atoms with Crippen molar-refractivity contribution in [3.63, 3.8) is 0 Å². The molecule has 0 fully saturated rings. The Labute approximate surface area is 168 Å². The number of nitrogens with one attached hydrogen (secondary N) is 1. The monoisotopic (exact) mass is 395 g/mol. The fourth-order valence-corrected chi connectivity index (χ4v) is 3.11. The number of amides is 2. The van der Waals surface area contributed by atoms with E-state index in [4.69, 9.17) is 4.74 Å². The Morgan fingerprint density at radius 1 is 1.41 bits per heavy atom. The molecule has 0 saturated carbocycles. The van der Waals surface area contributed by atoms with E-state index in [-0.39, 0.29) is 13.4 Å². The molecule has 1 heterocycles. The number of ether oxygens (including phenoxy) is 1. The van der Waals surface area contributed by atoms with Crippen molar-refractivity contribution in [1.29, 1.82) is 0 Å². The van der Waals surface area contributed by atoms with Crippen LogP contribution >= 0.6 is 11.3 Å². The van der Waals surface area contributed by atoms with Crippen LogP contribution < -0.4 is 5.32 Å². The Morgan fingerprint density at radius 2 is 2.22 bits per heavy atom. The highest BCUT2D eigenvalue weighted by Gasteiger charge is 2.15. The van der Waals surface area contributed by atoms with Crippen molar-refractivity contribution in [2.24, 2.45) is 0 Å². The van der Waals surface area contributed by atoms with Gasteiger partial charge in [0.1, 0.15) is 0 Å². The number of thiazole rings is 1. The van der Waals surface area contributed by atoms with E-state index < -0.39 is 6.09 Å². The molecule has 7 heteroatoms. The van der Waals surface area contributed by atoms with E-state index in [1.54, 1.807) is 10.4 Å². The summed E-state index contributed by atoms with van der Waals surface area (Å²) in [5.41, 5.74) is 2.61. The summed E-state index contributed by atoms with van der Waals surface area (Å²) in [5, 5.41) is 4.64. The highest BCUT2D eigenvalue weighted by Crippen LogP contribution is 2.11. The van der Waals surface area contributed by atoms with Crippen molar-refractivity contribution in [2.45, 2.75) is 71.9 Å². The molecule has 0 aromatic carbocycles. The average molecular weight is 396 g/mol. The van der Waals surface area contributed by atoms with Gasteiger partial charge in [0.15, 0.2) is 6.10 Å². The number of aromatic nitrogens is 1. The normalized spacial score (nSPS) is 15.7. The molecule has 0 radical (unpaired) electrons. The van der Waals surface area contributed by atoms with E-state index in [1.807, 2.05) is 26.2 Å². The van der Waals surface area contributed by atoms with Crippen molar-refractivity contribution < 1.29 is 15.8 Å². The van der Waals surface area contributed by atoms with E-state index in [1.165, 1.54) is 11.3 Å². The number of carbonyl (C=O) groups excluding carboxylic acids is 2. The highest BCUT2D eigenvalue weighted by atomic mass is 32.1. The predicted octanol–water partition coefficient (Wildman–Crippen LogP) is 4.22. The van der Waals surface area contributed by atoms with Gasteiger partial charge in [0.05, 0.1) is 17.7 Å². The molecule has 0 saturated heterocycles. The Balaban J connectivity index is 0.00000235. The van der Waals surface area contributed by atoms with Gasteiger partial charge in [-0.25, -0.2) is 9.78 Å². The Hall–Kier alpha value is -2.07. The summed E-state index contributed by atoms with van der Waals surface area (Å²) in [6, 6.07) is 0. The topological polar surface area (TPSA) is 71.5 Å². The molecule has 0 spiro atoms. The molecule has 2 rings (SSSR count). The zero-order valence-electron chi connectivity index (χ0n) is 16.6. The molecule has 1 aromatic rings. The molecule has 1 atom stereocenters. The Bertz CT molecular complexity index is 614. The van der Waals surface area contributed by atoms with Gasteiger partial charge in [0.25, 0.3) is 0 Å². The fraction of sp³-hybridized carbons (Fsp3) is 0.650. The Morgan fingerprint density at radius 3 is 2.93 bits per heavy atom. The summed E-state index contributed by atoms with van der Waals surface area (Å²) in [4.78, 5) is 29.9. The first-order valence-electron chi connectivity index (χ1n) is 9.76. The number of alkyl carbamates (subject to hydrolysis) is 1. The zero-order chi connectivity index (χ0) is 19.9. The lowest BCUT2D eigenvalue weighted by molar-refractivity contribution is -0.131. The van der Waals surface area contributed by atoms with Gasteiger partial charge in [0.2, 0.25) is 5.91 Å². The van der Waals surface area contributed by atoms with Crippen LogP contribution in [0, 0.1) is 11.8 Å². The van der Waals surface area contributed by atoms with E-state index in [0.717, 1.165) is 37.8 Å². The molecule has 1 unspecified atom stereocenters. The van der Waals surface area contributed by atoms with Crippen LogP contribution in [0.3, 0.4) is 0 Å². The molecule has 1 aromatic heterocycles. The molecule has 152 valence electrons. The predicted molar refractivity (Wildman–Crippen MR) is 110 cm³/mol. The number of hydrogen-bond acceptors (Lipinski definition) is 5. The second kappa shape index (κ2) is 14.0. The lowest BCUT2D eigenvalue weighted by atomic mass is 10.1. The van der Waals surface area contributed by atoms with E-state index >= 15 is 0 Å². The summed E-state index contributed by atoms with van der Waals surface area (Å²) >= 11 is 1.50. The van der Waals surface area contributed by atoms with Crippen LogP contribution in [0.2, 0.25) is 0 Å². The van der Waals surface area contributed by atoms with Crippen LogP contribution in [0.25, 0.3) is 0 Å². The molecular formula is C20H33N3O3S. The maximum Gasteiger partial charge on any atom is 0.408 e. The van der Waals surface area contributed by atoms with Crippen LogP contribution in [0.5, 0.6) is 0 Å². The summed E-state index contributed by atoms with van der Waals surface area (Å²) in [6.45, 7) is 7.05. The summed E-state index contributed by atoms with van der Waals surface area (Å²) in [6.07, 6.45) is 4.54. The molecule has 1 aliphatic carbocycles. The second-order valence-corrected chi connectivity index (χ2v) is 6.61. The van der Waals surface area contributed by atoms with E-state index in [0.29, 0.717) is 26.1 Å². The van der Waals surface area contributed by atoms with Crippen LogP contribution in [-0.4, -0.2) is 41.1 Å². The maximum atomic E-state index is 12.0. The third-order valence-electron chi connectivity index (χ3n) is 3.92. The van der Waals surface area contributed by atoms with Crippen LogP contribution in [0.1, 0.15) is 66.4 Å². The molecule has 0 bridgehead atoms. The fourth-order valence-electron chi connectivity index (χ4n) is 2.56. The SMILES string of the molecule is CC.CCC(=O)N(CCNC(=O)OC1C#CCCCCC1)Cc1cscn1.[HH]. The molecule has 1 N–H and O–H groups in total. The molecule has 6 nitrogen and oxygen atoms in total. The molecule has 27 heavy (non-hydrogen) atoms. The maximum absolute atomic E-state index is 12.0. The van der Waals surface area contributed by atoms with Crippen molar-refractivity contribution in [3.05, 3.63) is 16.6 Å². The Kier molecular flexibility index (Phi) is 11.9. The van der Waals surface area contributed by atoms with E-state index in [9.17, 15) is 9.59 Å². The smallest absolute Gasteiger partial charge is 0.408 e. The number of carbonyl (C=O) groups is 2. The summed E-state index contributed by atoms with van der Waals surface area (Å²) < 4.78 is 5.36. The minimum atomic E-state index is -0.475. The summed E-state index contributed by atoms with van der Waals surface area (Å²) in [5.74, 6) is 6.09. The van der Waals surface area contributed by atoms with Crippen molar-refractivity contribution in [2.75, 3.05) is 13.1 Å². The second-order valence-electron chi connectivity index (χ2n) is 5.89. The lowest BCUT2D eigenvalue weighted by Crippen LogP contribution is -2.39. The van der Waals surface area contributed by atoms with Crippen molar-refractivity contribution in [3.8, 4) is 11.8 Å². The standard InChI is InChI=1S/C18H25N3O3S.C2H6.H2/c1-2-17(22)21(12-15-13-25-14-20-15)11-10-19-18(23)24-16-8-6-4-3-5-7-9-16;1-2;/h13-14,16H,2-6,8,10-12H2,1H3,(H,19,23);1-2H3;1H. The number of hydrogen-bond donors (Lipinski definition) is 1. The first-order chi connectivity index (χ1) is 13.2. The summed E-state index contributed by atoms with van der Waals surface area (Å²) in [7, 11) is 0. The first kappa shape index (κ1) is 23.0.